The first-order valence-electron chi connectivity index (χ1n) is 6.11. The number of rotatable bonds is 6. The van der Waals surface area contributed by atoms with Crippen LogP contribution in [0.2, 0.25) is 0 Å². The predicted molar refractivity (Wildman–Crippen MR) is 73.8 cm³/mol. The van der Waals surface area contributed by atoms with Gasteiger partial charge in [-0.25, -0.2) is 14.8 Å². The molecule has 1 aromatic heterocycles. The number of para-hydroxylation sites is 1. The van der Waals surface area contributed by atoms with E-state index in [-0.39, 0.29) is 5.69 Å². The number of benzene rings is 1. The quantitative estimate of drug-likeness (QED) is 0.638. The van der Waals surface area contributed by atoms with Gasteiger partial charge in [0, 0.05) is 0 Å². The Labute approximate surface area is 116 Å². The topological polar surface area (TPSA) is 73.3 Å². The summed E-state index contributed by atoms with van der Waals surface area (Å²) in [5.74, 6) is 0.896. The number of hydrogen-bond acceptors (Lipinski definition) is 6. The number of esters is 1. The van der Waals surface area contributed by atoms with Gasteiger partial charge in [0.05, 0.1) is 26.0 Å². The molecule has 0 aliphatic carbocycles. The lowest BCUT2D eigenvalue weighted by Gasteiger charge is -2.07. The maximum absolute atomic E-state index is 11.2. The highest BCUT2D eigenvalue weighted by atomic mass is 16.5. The Morgan fingerprint density at radius 3 is 2.65 bits per heavy atom. The molecule has 6 nitrogen and oxygen atoms in total. The fraction of sp³-hybridized carbons (Fsp3) is 0.214. The molecule has 0 atom stereocenters. The van der Waals surface area contributed by atoms with E-state index in [2.05, 4.69) is 20.0 Å². The molecule has 0 radical (unpaired) electrons. The van der Waals surface area contributed by atoms with E-state index >= 15 is 0 Å². The van der Waals surface area contributed by atoms with Gasteiger partial charge in [-0.05, 0) is 12.1 Å². The van der Waals surface area contributed by atoms with E-state index in [9.17, 15) is 4.79 Å². The van der Waals surface area contributed by atoms with Gasteiger partial charge in [-0.2, -0.15) is 0 Å². The smallest absolute Gasteiger partial charge is 0.358 e. The van der Waals surface area contributed by atoms with Crippen LogP contribution in [0.3, 0.4) is 0 Å². The van der Waals surface area contributed by atoms with Gasteiger partial charge in [-0.3, -0.25) is 0 Å². The lowest BCUT2D eigenvalue weighted by atomic mass is 10.3. The highest BCUT2D eigenvalue weighted by Crippen LogP contribution is 2.08. The Morgan fingerprint density at radius 2 is 2.00 bits per heavy atom. The third-order valence-electron chi connectivity index (χ3n) is 2.47. The summed E-state index contributed by atoms with van der Waals surface area (Å²) in [6.07, 6.45) is 2.85. The number of carbonyl (C=O) groups excluding carboxylic acids is 1. The minimum atomic E-state index is -0.503. The summed E-state index contributed by atoms with van der Waals surface area (Å²) >= 11 is 0. The zero-order valence-corrected chi connectivity index (χ0v) is 11.1. The molecule has 0 spiro atoms. The first-order valence-corrected chi connectivity index (χ1v) is 6.11. The van der Waals surface area contributed by atoms with Crippen LogP contribution < -0.4 is 10.1 Å². The van der Waals surface area contributed by atoms with Crippen LogP contribution in [0.25, 0.3) is 0 Å². The number of aromatic nitrogens is 2. The molecule has 20 heavy (non-hydrogen) atoms. The normalized spacial score (nSPS) is 9.85. The van der Waals surface area contributed by atoms with Gasteiger partial charge in [-0.1, -0.05) is 18.2 Å². The van der Waals surface area contributed by atoms with E-state index in [0.29, 0.717) is 19.0 Å². The minimum absolute atomic E-state index is 0.179. The maximum atomic E-state index is 11.2. The number of methoxy groups -OCH3 is 1. The zero-order chi connectivity index (χ0) is 14.2. The molecule has 0 aliphatic rings. The zero-order valence-electron chi connectivity index (χ0n) is 11.1. The molecule has 6 heteroatoms. The van der Waals surface area contributed by atoms with E-state index < -0.39 is 5.97 Å². The largest absolute Gasteiger partial charge is 0.492 e. The van der Waals surface area contributed by atoms with Gasteiger partial charge < -0.3 is 14.8 Å². The lowest BCUT2D eigenvalue weighted by molar-refractivity contribution is 0.0593. The molecule has 0 unspecified atom stereocenters. The van der Waals surface area contributed by atoms with Crippen molar-refractivity contribution in [3.05, 3.63) is 48.4 Å². The molecule has 2 aromatic rings. The molecular weight excluding hydrogens is 258 g/mol. The number of nitrogens with zero attached hydrogens (tertiary/aromatic N) is 2. The van der Waals surface area contributed by atoms with Crippen LogP contribution in [-0.4, -0.2) is 36.2 Å². The van der Waals surface area contributed by atoms with Crippen molar-refractivity contribution in [2.24, 2.45) is 0 Å². The first-order chi connectivity index (χ1) is 9.79. The third kappa shape index (κ3) is 3.94. The van der Waals surface area contributed by atoms with Crippen LogP contribution in [0.15, 0.2) is 42.7 Å². The van der Waals surface area contributed by atoms with Crippen molar-refractivity contribution >= 4 is 11.8 Å². The Morgan fingerprint density at radius 1 is 1.20 bits per heavy atom. The highest BCUT2D eigenvalue weighted by Gasteiger charge is 2.06. The second-order valence-corrected chi connectivity index (χ2v) is 3.87. The average Bonchev–Trinajstić information content (AvgIpc) is 2.52. The van der Waals surface area contributed by atoms with Crippen molar-refractivity contribution in [2.45, 2.75) is 0 Å². The average molecular weight is 273 g/mol. The third-order valence-corrected chi connectivity index (χ3v) is 2.47. The van der Waals surface area contributed by atoms with E-state index in [4.69, 9.17) is 4.74 Å². The van der Waals surface area contributed by atoms with Crippen LogP contribution in [0.5, 0.6) is 5.75 Å². The molecule has 1 heterocycles. The second kappa shape index (κ2) is 7.08. The van der Waals surface area contributed by atoms with Crippen molar-refractivity contribution in [1.82, 2.24) is 9.97 Å². The van der Waals surface area contributed by atoms with Crippen LogP contribution >= 0.6 is 0 Å². The predicted octanol–water partition coefficient (Wildman–Crippen LogP) is 1.75. The molecule has 0 fully saturated rings. The molecule has 0 bridgehead atoms. The minimum Gasteiger partial charge on any atom is -0.492 e. The Balaban J connectivity index is 1.75. The summed E-state index contributed by atoms with van der Waals surface area (Å²) in [6, 6.07) is 9.55. The lowest BCUT2D eigenvalue weighted by Crippen LogP contribution is -2.13. The molecule has 1 N–H and O–H groups in total. The van der Waals surface area contributed by atoms with E-state index in [1.54, 1.807) is 0 Å². The summed E-state index contributed by atoms with van der Waals surface area (Å²) in [6.45, 7) is 1.09. The van der Waals surface area contributed by atoms with Gasteiger partial charge in [0.1, 0.15) is 18.2 Å². The Bertz CT molecular complexity index is 543. The molecular formula is C14H15N3O3. The Hall–Kier alpha value is -2.63. The van der Waals surface area contributed by atoms with Gasteiger partial charge >= 0.3 is 5.97 Å². The van der Waals surface area contributed by atoms with Crippen LogP contribution in [0.1, 0.15) is 10.5 Å². The molecule has 2 rings (SSSR count). The van der Waals surface area contributed by atoms with Crippen molar-refractivity contribution < 1.29 is 14.3 Å². The summed E-state index contributed by atoms with van der Waals surface area (Å²) in [7, 11) is 1.30. The number of carbonyl (C=O) groups is 1. The van der Waals surface area contributed by atoms with Gasteiger partial charge in [0.15, 0.2) is 5.69 Å². The highest BCUT2D eigenvalue weighted by molar-refractivity contribution is 5.86. The monoisotopic (exact) mass is 273 g/mol. The summed E-state index contributed by atoms with van der Waals surface area (Å²) < 4.78 is 10.1. The van der Waals surface area contributed by atoms with Crippen molar-refractivity contribution in [2.75, 3.05) is 25.6 Å². The number of anilines is 1. The first kappa shape index (κ1) is 13.8. The molecule has 0 saturated heterocycles. The van der Waals surface area contributed by atoms with Crippen LogP contribution in [0.4, 0.5) is 5.82 Å². The molecule has 1 aromatic carbocycles. The summed E-state index contributed by atoms with van der Waals surface area (Å²) in [5, 5.41) is 3.05. The number of ether oxygens (including phenoxy) is 2. The van der Waals surface area contributed by atoms with Crippen molar-refractivity contribution in [3.8, 4) is 5.75 Å². The molecule has 104 valence electrons. The van der Waals surface area contributed by atoms with Crippen molar-refractivity contribution in [3.63, 3.8) is 0 Å². The summed E-state index contributed by atoms with van der Waals surface area (Å²) in [5.41, 5.74) is 0.179. The molecule has 0 aliphatic heterocycles. The maximum Gasteiger partial charge on any atom is 0.358 e. The molecule has 0 amide bonds. The fourth-order valence-corrected chi connectivity index (χ4v) is 1.49. The van der Waals surface area contributed by atoms with E-state index in [1.165, 1.54) is 19.5 Å². The second-order valence-electron chi connectivity index (χ2n) is 3.87. The Kier molecular flexibility index (Phi) is 4.88. The van der Waals surface area contributed by atoms with Crippen LogP contribution in [0, 0.1) is 0 Å². The van der Waals surface area contributed by atoms with Gasteiger partial charge in [0.25, 0.3) is 0 Å². The number of hydrogen-bond donors (Lipinski definition) is 1. The van der Waals surface area contributed by atoms with Crippen LogP contribution in [-0.2, 0) is 4.74 Å². The van der Waals surface area contributed by atoms with Gasteiger partial charge in [-0.15, -0.1) is 0 Å². The fourth-order valence-electron chi connectivity index (χ4n) is 1.49. The van der Waals surface area contributed by atoms with E-state index in [1.807, 2.05) is 30.3 Å². The summed E-state index contributed by atoms with van der Waals surface area (Å²) in [4.78, 5) is 19.2. The number of nitrogens with one attached hydrogen (secondary N) is 1. The van der Waals surface area contributed by atoms with Gasteiger partial charge in [0.2, 0.25) is 0 Å². The van der Waals surface area contributed by atoms with Crippen molar-refractivity contribution in [1.29, 1.82) is 0 Å². The standard InChI is InChI=1S/C14H15N3O3/c1-19-14(18)12-9-17-13(10-16-12)15-7-8-20-11-5-3-2-4-6-11/h2-6,9-10H,7-8H2,1H3,(H,15,17). The van der Waals surface area contributed by atoms with E-state index in [0.717, 1.165) is 5.75 Å². The molecule has 0 saturated carbocycles. The SMILES string of the molecule is COC(=O)c1cnc(NCCOc2ccccc2)cn1.